The van der Waals surface area contributed by atoms with Gasteiger partial charge in [0.25, 0.3) is 0 Å². The first-order valence-corrected chi connectivity index (χ1v) is 10.5. The Bertz CT molecular complexity index is 720. The molecule has 0 N–H and O–H groups in total. The van der Waals surface area contributed by atoms with Crippen molar-refractivity contribution in [1.82, 2.24) is 14.1 Å². The minimum absolute atomic E-state index is 0.151. The highest BCUT2D eigenvalue weighted by molar-refractivity contribution is 7.89. The minimum atomic E-state index is -3.60. The Kier molecular flexibility index (Phi) is 5.99. The van der Waals surface area contributed by atoms with E-state index in [-0.39, 0.29) is 15.8 Å². The third-order valence-corrected chi connectivity index (χ3v) is 7.22. The summed E-state index contributed by atoms with van der Waals surface area (Å²) in [7, 11) is -3.60. The predicted molar refractivity (Wildman–Crippen MR) is 97.1 cm³/mol. The summed E-state index contributed by atoms with van der Waals surface area (Å²) in [5.41, 5.74) is 0. The summed E-state index contributed by atoms with van der Waals surface area (Å²) in [5.74, 6) is 0.153. The summed E-state index contributed by atoms with van der Waals surface area (Å²) >= 11 is 6.07. The Balaban J connectivity index is 1.63. The Morgan fingerprint density at radius 1 is 0.960 bits per heavy atom. The van der Waals surface area contributed by atoms with Crippen LogP contribution in [-0.2, 0) is 14.8 Å². The molecule has 1 aromatic rings. The highest BCUT2D eigenvalue weighted by Gasteiger charge is 2.29. The zero-order valence-electron chi connectivity index (χ0n) is 14.2. The van der Waals surface area contributed by atoms with E-state index in [1.54, 1.807) is 18.2 Å². The van der Waals surface area contributed by atoms with Crippen LogP contribution in [0.15, 0.2) is 29.2 Å². The highest BCUT2D eigenvalue weighted by atomic mass is 35.5. The molecule has 1 aromatic carbocycles. The fraction of sp³-hybridized carbons (Fsp3) is 0.588. The van der Waals surface area contributed by atoms with Gasteiger partial charge in [-0.3, -0.25) is 9.69 Å². The van der Waals surface area contributed by atoms with E-state index in [4.69, 9.17) is 11.6 Å². The monoisotopic (exact) mass is 385 g/mol. The number of nitrogens with zero attached hydrogens (tertiary/aromatic N) is 3. The lowest BCUT2D eigenvalue weighted by Crippen LogP contribution is -2.41. The van der Waals surface area contributed by atoms with Gasteiger partial charge in [-0.25, -0.2) is 8.42 Å². The molecule has 0 atom stereocenters. The zero-order chi connectivity index (χ0) is 17.9. The van der Waals surface area contributed by atoms with Crippen LogP contribution in [0.25, 0.3) is 0 Å². The number of benzene rings is 1. The molecule has 0 aromatic heterocycles. The van der Waals surface area contributed by atoms with Crippen LogP contribution in [0.1, 0.15) is 19.3 Å². The molecular formula is C17H24ClN3O3S. The average molecular weight is 386 g/mol. The van der Waals surface area contributed by atoms with Crippen molar-refractivity contribution >= 4 is 27.5 Å². The van der Waals surface area contributed by atoms with E-state index >= 15 is 0 Å². The molecule has 2 saturated heterocycles. The molecule has 6 nitrogen and oxygen atoms in total. The molecular weight excluding hydrogens is 362 g/mol. The summed E-state index contributed by atoms with van der Waals surface area (Å²) in [4.78, 5) is 16.4. The van der Waals surface area contributed by atoms with E-state index in [1.807, 2.05) is 4.90 Å². The summed E-state index contributed by atoms with van der Waals surface area (Å²) in [6.45, 7) is 4.18. The van der Waals surface area contributed by atoms with Gasteiger partial charge in [-0.15, -0.1) is 0 Å². The molecule has 0 spiro atoms. The van der Waals surface area contributed by atoms with Crippen LogP contribution in [0.5, 0.6) is 0 Å². The van der Waals surface area contributed by atoms with E-state index < -0.39 is 10.0 Å². The third kappa shape index (κ3) is 4.34. The van der Waals surface area contributed by atoms with Crippen LogP contribution in [0.4, 0.5) is 0 Å². The number of carbonyl (C=O) groups excluding carboxylic acids is 1. The zero-order valence-corrected chi connectivity index (χ0v) is 15.8. The number of rotatable bonds is 4. The number of likely N-dealkylation sites (tertiary alicyclic amines) is 1. The number of amides is 1. The molecule has 0 radical (unpaired) electrons. The maximum atomic E-state index is 12.8. The molecule has 25 heavy (non-hydrogen) atoms. The van der Waals surface area contributed by atoms with Gasteiger partial charge in [0.2, 0.25) is 15.9 Å². The van der Waals surface area contributed by atoms with Gasteiger partial charge in [-0.05, 0) is 37.9 Å². The Labute approximate surface area is 154 Å². The summed E-state index contributed by atoms with van der Waals surface area (Å²) < 4.78 is 27.2. The second kappa shape index (κ2) is 8.03. The molecule has 2 fully saturated rings. The molecule has 3 rings (SSSR count). The highest BCUT2D eigenvalue weighted by Crippen LogP contribution is 2.25. The van der Waals surface area contributed by atoms with Crippen LogP contribution in [0.2, 0.25) is 5.02 Å². The molecule has 2 heterocycles. The molecule has 2 aliphatic heterocycles. The second-order valence-corrected chi connectivity index (χ2v) is 8.87. The van der Waals surface area contributed by atoms with E-state index in [1.165, 1.54) is 10.4 Å². The third-order valence-electron chi connectivity index (χ3n) is 4.82. The molecule has 0 bridgehead atoms. The van der Waals surface area contributed by atoms with E-state index in [0.717, 1.165) is 32.5 Å². The first-order chi connectivity index (χ1) is 12.0. The Hall–Kier alpha value is -1.15. The van der Waals surface area contributed by atoms with Crippen molar-refractivity contribution in [2.24, 2.45) is 0 Å². The fourth-order valence-corrected chi connectivity index (χ4v) is 5.36. The normalized spacial score (nSPS) is 20.6. The molecule has 0 aliphatic carbocycles. The maximum absolute atomic E-state index is 12.8. The summed E-state index contributed by atoms with van der Waals surface area (Å²) in [6, 6.07) is 6.53. The SMILES string of the molecule is O=C(CN1CCCN(S(=O)(=O)c2ccccc2Cl)CC1)N1CCCC1. The van der Waals surface area contributed by atoms with Gasteiger partial charge in [0.1, 0.15) is 4.90 Å². The fourth-order valence-electron chi connectivity index (χ4n) is 3.40. The number of hydrogen-bond donors (Lipinski definition) is 0. The van der Waals surface area contributed by atoms with Crippen LogP contribution in [0, 0.1) is 0 Å². The van der Waals surface area contributed by atoms with Gasteiger partial charge in [-0.1, -0.05) is 23.7 Å². The molecule has 138 valence electrons. The second-order valence-electron chi connectivity index (χ2n) is 6.55. The van der Waals surface area contributed by atoms with Gasteiger partial charge in [0.15, 0.2) is 0 Å². The van der Waals surface area contributed by atoms with Gasteiger partial charge in [-0.2, -0.15) is 4.31 Å². The van der Waals surface area contributed by atoms with Crippen molar-refractivity contribution in [3.63, 3.8) is 0 Å². The largest absolute Gasteiger partial charge is 0.342 e. The van der Waals surface area contributed by atoms with Crippen molar-refractivity contribution < 1.29 is 13.2 Å². The number of halogens is 1. The van der Waals surface area contributed by atoms with E-state index in [2.05, 4.69) is 4.90 Å². The molecule has 8 heteroatoms. The van der Waals surface area contributed by atoms with Gasteiger partial charge in [0.05, 0.1) is 11.6 Å². The first kappa shape index (κ1) is 18.6. The Morgan fingerprint density at radius 2 is 1.68 bits per heavy atom. The van der Waals surface area contributed by atoms with Crippen LogP contribution in [-0.4, -0.2) is 74.2 Å². The van der Waals surface area contributed by atoms with Crippen molar-refractivity contribution in [2.45, 2.75) is 24.2 Å². The molecule has 1 amide bonds. The molecule has 0 unspecified atom stereocenters. The number of hydrogen-bond acceptors (Lipinski definition) is 4. The smallest absolute Gasteiger partial charge is 0.244 e. The maximum Gasteiger partial charge on any atom is 0.244 e. The lowest BCUT2D eigenvalue weighted by Gasteiger charge is -2.24. The Morgan fingerprint density at radius 3 is 2.40 bits per heavy atom. The summed E-state index contributed by atoms with van der Waals surface area (Å²) in [5, 5.41) is 0.243. The van der Waals surface area contributed by atoms with Crippen LogP contribution < -0.4 is 0 Å². The van der Waals surface area contributed by atoms with Crippen LogP contribution >= 0.6 is 11.6 Å². The van der Waals surface area contributed by atoms with Crippen molar-refractivity contribution in [3.05, 3.63) is 29.3 Å². The van der Waals surface area contributed by atoms with E-state index in [9.17, 15) is 13.2 Å². The first-order valence-electron chi connectivity index (χ1n) is 8.73. The van der Waals surface area contributed by atoms with Gasteiger partial charge >= 0.3 is 0 Å². The molecule has 0 saturated carbocycles. The quantitative estimate of drug-likeness (QED) is 0.790. The number of carbonyl (C=O) groups is 1. The van der Waals surface area contributed by atoms with Crippen molar-refractivity contribution in [1.29, 1.82) is 0 Å². The summed E-state index contributed by atoms with van der Waals surface area (Å²) in [6.07, 6.45) is 2.86. The lowest BCUT2D eigenvalue weighted by atomic mass is 10.3. The topological polar surface area (TPSA) is 60.9 Å². The van der Waals surface area contributed by atoms with Crippen molar-refractivity contribution in [2.75, 3.05) is 45.8 Å². The number of sulfonamides is 1. The van der Waals surface area contributed by atoms with E-state index in [0.29, 0.717) is 32.6 Å². The minimum Gasteiger partial charge on any atom is -0.342 e. The predicted octanol–water partition coefficient (Wildman–Crippen LogP) is 1.66. The van der Waals surface area contributed by atoms with Gasteiger partial charge in [0, 0.05) is 32.7 Å². The van der Waals surface area contributed by atoms with Gasteiger partial charge < -0.3 is 4.90 Å². The van der Waals surface area contributed by atoms with Crippen LogP contribution in [0.3, 0.4) is 0 Å². The van der Waals surface area contributed by atoms with Crippen molar-refractivity contribution in [3.8, 4) is 0 Å². The molecule has 2 aliphatic rings. The lowest BCUT2D eigenvalue weighted by molar-refractivity contribution is -0.131. The average Bonchev–Trinajstić information content (AvgIpc) is 3.02. The standard InChI is InChI=1S/C17H24ClN3O3S/c18-15-6-1-2-7-16(15)25(23,24)21-11-5-8-19(12-13-21)14-17(22)20-9-3-4-10-20/h1-2,6-7H,3-5,8-14H2.